The van der Waals surface area contributed by atoms with E-state index in [1.807, 2.05) is 45.0 Å². The van der Waals surface area contributed by atoms with E-state index in [0.29, 0.717) is 18.5 Å². The van der Waals surface area contributed by atoms with Crippen LogP contribution in [0, 0.1) is 25.5 Å². The van der Waals surface area contributed by atoms with Crippen LogP contribution in [0.3, 0.4) is 0 Å². The van der Waals surface area contributed by atoms with Crippen LogP contribution in [0.5, 0.6) is 0 Å². The number of amides is 2. The minimum atomic E-state index is -1.26. The summed E-state index contributed by atoms with van der Waals surface area (Å²) < 4.78 is 35.1. The van der Waals surface area contributed by atoms with E-state index >= 15 is 8.78 Å². The number of methoxy groups -OCH3 is 1. The van der Waals surface area contributed by atoms with Gasteiger partial charge in [0.25, 0.3) is 5.91 Å². The van der Waals surface area contributed by atoms with E-state index in [2.05, 4.69) is 20.5 Å². The maximum absolute atomic E-state index is 15.3. The fraction of sp³-hybridized carbons (Fsp3) is 0.394. The van der Waals surface area contributed by atoms with E-state index in [9.17, 15) is 14.4 Å². The summed E-state index contributed by atoms with van der Waals surface area (Å²) in [5, 5.41) is 5.41. The number of hydrogen-bond acceptors (Lipinski definition) is 6. The van der Waals surface area contributed by atoms with Gasteiger partial charge in [0.15, 0.2) is 11.6 Å². The number of halogens is 2. The average molecular weight is 593 g/mol. The molecule has 1 saturated heterocycles. The molecule has 1 aliphatic rings. The fourth-order valence-corrected chi connectivity index (χ4v) is 5.29. The van der Waals surface area contributed by atoms with E-state index in [4.69, 9.17) is 4.74 Å². The zero-order valence-corrected chi connectivity index (χ0v) is 25.0. The molecule has 0 aliphatic carbocycles. The first-order valence-corrected chi connectivity index (χ1v) is 14.5. The Balaban J connectivity index is 1.60. The van der Waals surface area contributed by atoms with E-state index in [-0.39, 0.29) is 17.7 Å². The Morgan fingerprint density at radius 2 is 1.72 bits per heavy atom. The third kappa shape index (κ3) is 7.81. The molecular formula is C33H38F2N4O4. The molecule has 0 saturated carbocycles. The van der Waals surface area contributed by atoms with Crippen LogP contribution >= 0.6 is 0 Å². The first kappa shape index (κ1) is 31.7. The zero-order chi connectivity index (χ0) is 31.1. The van der Waals surface area contributed by atoms with Crippen molar-refractivity contribution in [1.29, 1.82) is 0 Å². The highest BCUT2D eigenvalue weighted by Crippen LogP contribution is 2.33. The van der Waals surface area contributed by atoms with Crippen molar-refractivity contribution >= 4 is 17.8 Å². The molecule has 2 amide bonds. The summed E-state index contributed by atoms with van der Waals surface area (Å²) in [6, 6.07) is 11.1. The number of hydrogen-bond donors (Lipinski definition) is 2. The summed E-state index contributed by atoms with van der Waals surface area (Å²) in [4.78, 5) is 45.7. The molecule has 0 bridgehead atoms. The molecule has 1 aromatic heterocycles. The number of carbonyl (C=O) groups is 3. The minimum absolute atomic E-state index is 0.174. The van der Waals surface area contributed by atoms with Gasteiger partial charge in [-0.25, -0.2) is 13.8 Å². The van der Waals surface area contributed by atoms with Crippen molar-refractivity contribution in [2.24, 2.45) is 0 Å². The van der Waals surface area contributed by atoms with Crippen molar-refractivity contribution in [2.45, 2.75) is 65.1 Å². The van der Waals surface area contributed by atoms with Gasteiger partial charge in [-0.1, -0.05) is 37.6 Å². The number of nitrogens with zero attached hydrogens (tertiary/aromatic N) is 2. The number of aromatic nitrogens is 1. The predicted octanol–water partition coefficient (Wildman–Crippen LogP) is 5.17. The molecule has 1 aliphatic heterocycles. The molecule has 2 N–H and O–H groups in total. The van der Waals surface area contributed by atoms with Gasteiger partial charge in [-0.05, 0) is 86.3 Å². The lowest BCUT2D eigenvalue weighted by Crippen LogP contribution is -2.48. The predicted molar refractivity (Wildman–Crippen MR) is 159 cm³/mol. The van der Waals surface area contributed by atoms with E-state index < -0.39 is 47.9 Å². The van der Waals surface area contributed by atoms with Gasteiger partial charge in [0.1, 0.15) is 11.7 Å². The number of esters is 1. The van der Waals surface area contributed by atoms with Crippen molar-refractivity contribution in [3.8, 4) is 11.1 Å². The molecular weight excluding hydrogens is 554 g/mol. The lowest BCUT2D eigenvalue weighted by Gasteiger charge is -2.30. The number of ether oxygens (including phenoxy) is 1. The first-order chi connectivity index (χ1) is 20.6. The van der Waals surface area contributed by atoms with Crippen LogP contribution in [0.15, 0.2) is 48.5 Å². The summed E-state index contributed by atoms with van der Waals surface area (Å²) >= 11 is 0. The molecule has 228 valence electrons. The highest BCUT2D eigenvalue weighted by Gasteiger charge is 2.29. The van der Waals surface area contributed by atoms with Crippen molar-refractivity contribution in [3.05, 3.63) is 88.2 Å². The molecule has 4 rings (SSSR count). The molecule has 3 aromatic rings. The number of aryl methyl sites for hydroxylation is 2. The van der Waals surface area contributed by atoms with Gasteiger partial charge in [0, 0.05) is 12.1 Å². The van der Waals surface area contributed by atoms with Crippen molar-refractivity contribution < 1.29 is 27.9 Å². The lowest BCUT2D eigenvalue weighted by atomic mass is 9.92. The molecule has 1 fully saturated rings. The molecule has 8 nitrogen and oxygen atoms in total. The Morgan fingerprint density at radius 1 is 1.02 bits per heavy atom. The third-order valence-electron chi connectivity index (χ3n) is 7.69. The van der Waals surface area contributed by atoms with Gasteiger partial charge >= 0.3 is 5.97 Å². The van der Waals surface area contributed by atoms with Crippen LogP contribution < -0.4 is 10.6 Å². The summed E-state index contributed by atoms with van der Waals surface area (Å²) in [6.07, 6.45) is 1.52. The Bertz CT molecular complexity index is 1470. The lowest BCUT2D eigenvalue weighted by molar-refractivity contribution is -0.141. The van der Waals surface area contributed by atoms with Gasteiger partial charge in [-0.15, -0.1) is 0 Å². The summed E-state index contributed by atoms with van der Waals surface area (Å²) in [6.45, 7) is 8.20. The van der Waals surface area contributed by atoms with Gasteiger partial charge in [-0.3, -0.25) is 19.3 Å². The van der Waals surface area contributed by atoms with Gasteiger partial charge in [0.05, 0.1) is 25.3 Å². The van der Waals surface area contributed by atoms with Crippen molar-refractivity contribution in [1.82, 2.24) is 20.5 Å². The number of carbonyl (C=O) groups excluding carboxylic acids is 3. The number of rotatable bonds is 12. The molecule has 0 spiro atoms. The molecule has 2 atom stereocenters. The van der Waals surface area contributed by atoms with Crippen LogP contribution in [-0.4, -0.2) is 53.9 Å². The Labute approximate surface area is 250 Å². The van der Waals surface area contributed by atoms with E-state index in [1.54, 1.807) is 12.1 Å². The quantitative estimate of drug-likeness (QED) is 0.282. The summed E-state index contributed by atoms with van der Waals surface area (Å²) in [5.74, 6) is -4.18. The average Bonchev–Trinajstić information content (AvgIpc) is 2.96. The maximum atomic E-state index is 15.3. The van der Waals surface area contributed by atoms with Gasteiger partial charge in [0.2, 0.25) is 5.91 Å². The standard InChI is InChI=1S/C33H38F2N4O4/c1-5-9-26(37-33(42)27-13-7-12-23(36-27)19-39-14-8-15-39)32(41)38-28(18-29(40)43-4)24-16-22(17-25(34)31(24)35)30-20(2)10-6-11-21(30)3/h6-7,10-13,16-17,26,28H,5,8-9,14-15,18-19H2,1-4H3,(H,37,42)(H,38,41)/t26-,28-/m0/s1. The Kier molecular flexibility index (Phi) is 10.6. The summed E-state index contributed by atoms with van der Waals surface area (Å²) in [7, 11) is 1.18. The molecule has 2 aromatic carbocycles. The number of likely N-dealkylation sites (tertiary alicyclic amines) is 1. The summed E-state index contributed by atoms with van der Waals surface area (Å²) in [5.41, 5.74) is 3.59. The highest BCUT2D eigenvalue weighted by molar-refractivity contribution is 5.96. The largest absolute Gasteiger partial charge is 0.469 e. The topological polar surface area (TPSA) is 101 Å². The highest BCUT2D eigenvalue weighted by atomic mass is 19.2. The number of nitrogens with one attached hydrogen (secondary N) is 2. The molecule has 2 heterocycles. The van der Waals surface area contributed by atoms with Crippen LogP contribution in [0.2, 0.25) is 0 Å². The fourth-order valence-electron chi connectivity index (χ4n) is 5.29. The number of pyridine rings is 1. The van der Waals surface area contributed by atoms with Crippen molar-refractivity contribution in [3.63, 3.8) is 0 Å². The minimum Gasteiger partial charge on any atom is -0.469 e. The molecule has 0 radical (unpaired) electrons. The Morgan fingerprint density at radius 3 is 2.35 bits per heavy atom. The third-order valence-corrected chi connectivity index (χ3v) is 7.69. The van der Waals surface area contributed by atoms with Gasteiger partial charge < -0.3 is 15.4 Å². The van der Waals surface area contributed by atoms with Crippen LogP contribution in [0.25, 0.3) is 11.1 Å². The zero-order valence-electron chi connectivity index (χ0n) is 25.0. The van der Waals surface area contributed by atoms with Crippen LogP contribution in [0.4, 0.5) is 8.78 Å². The SMILES string of the molecule is CCC[C@H](NC(=O)c1cccc(CN2CCC2)n1)C(=O)N[C@@H](CC(=O)OC)c1cc(-c2c(C)cccc2C)cc(F)c1F. The normalized spacial score (nSPS) is 14.4. The molecule has 0 unspecified atom stereocenters. The molecule has 43 heavy (non-hydrogen) atoms. The first-order valence-electron chi connectivity index (χ1n) is 14.5. The second-order valence-electron chi connectivity index (χ2n) is 10.9. The second-order valence-corrected chi connectivity index (χ2v) is 10.9. The van der Waals surface area contributed by atoms with E-state index in [0.717, 1.165) is 48.0 Å². The van der Waals surface area contributed by atoms with Crippen LogP contribution in [-0.2, 0) is 20.9 Å². The van der Waals surface area contributed by atoms with Crippen molar-refractivity contribution in [2.75, 3.05) is 20.2 Å². The van der Waals surface area contributed by atoms with E-state index in [1.165, 1.54) is 13.2 Å². The second kappa shape index (κ2) is 14.3. The smallest absolute Gasteiger partial charge is 0.307 e. The van der Waals surface area contributed by atoms with Gasteiger partial charge in [-0.2, -0.15) is 0 Å². The maximum Gasteiger partial charge on any atom is 0.307 e. The number of benzene rings is 2. The monoisotopic (exact) mass is 592 g/mol. The molecule has 10 heteroatoms. The Hall–Kier alpha value is -4.18. The van der Waals surface area contributed by atoms with Crippen LogP contribution in [0.1, 0.15) is 71.5 Å².